The third kappa shape index (κ3) is 2.90. The lowest BCUT2D eigenvalue weighted by molar-refractivity contribution is -0.125. The minimum absolute atomic E-state index is 0.338. The predicted molar refractivity (Wildman–Crippen MR) is 79.4 cm³/mol. The van der Waals surface area contributed by atoms with Gasteiger partial charge in [0.1, 0.15) is 0 Å². The van der Waals surface area contributed by atoms with E-state index in [0.29, 0.717) is 22.7 Å². The summed E-state index contributed by atoms with van der Waals surface area (Å²) < 4.78 is 5.19. The smallest absolute Gasteiger partial charge is 0.339 e. The number of benzene rings is 2. The van der Waals surface area contributed by atoms with Crippen molar-refractivity contribution < 1.29 is 14.3 Å². The van der Waals surface area contributed by atoms with Crippen LogP contribution >= 0.6 is 11.6 Å². The summed E-state index contributed by atoms with van der Waals surface area (Å²) >= 11 is 5.86. The number of fused-ring (bicyclic) bond motifs is 1. The van der Waals surface area contributed by atoms with Gasteiger partial charge in [0.2, 0.25) is 0 Å². The summed E-state index contributed by atoms with van der Waals surface area (Å²) in [6.07, 6.45) is -0.483. The number of halogens is 1. The largest absolute Gasteiger partial charge is 0.448 e. The van der Waals surface area contributed by atoms with E-state index >= 15 is 0 Å². The number of carbonyl (C=O) groups excluding carboxylic acids is 2. The van der Waals surface area contributed by atoms with Crippen molar-refractivity contribution in [2.45, 2.75) is 12.5 Å². The Morgan fingerprint density at radius 3 is 2.71 bits per heavy atom. The molecule has 21 heavy (non-hydrogen) atoms. The van der Waals surface area contributed by atoms with Gasteiger partial charge < -0.3 is 10.1 Å². The van der Waals surface area contributed by atoms with Gasteiger partial charge in [-0.05, 0) is 29.8 Å². The van der Waals surface area contributed by atoms with E-state index in [1.54, 1.807) is 30.3 Å². The molecule has 1 aliphatic heterocycles. The number of rotatable bonds is 2. The molecule has 1 aliphatic rings. The van der Waals surface area contributed by atoms with Gasteiger partial charge in [0.15, 0.2) is 6.10 Å². The van der Waals surface area contributed by atoms with Crippen molar-refractivity contribution in [1.82, 2.24) is 0 Å². The molecule has 2 aromatic carbocycles. The first-order valence-electron chi connectivity index (χ1n) is 6.49. The second-order valence-corrected chi connectivity index (χ2v) is 5.19. The lowest BCUT2D eigenvalue weighted by atomic mass is 9.98. The van der Waals surface area contributed by atoms with Gasteiger partial charge in [-0.15, -0.1) is 0 Å². The summed E-state index contributed by atoms with van der Waals surface area (Å²) in [6.45, 7) is 0. The maximum absolute atomic E-state index is 12.2. The molecule has 0 unspecified atom stereocenters. The fourth-order valence-electron chi connectivity index (χ4n) is 2.24. The summed E-state index contributed by atoms with van der Waals surface area (Å²) in [4.78, 5) is 24.1. The van der Waals surface area contributed by atoms with Crippen molar-refractivity contribution in [1.29, 1.82) is 0 Å². The van der Waals surface area contributed by atoms with Gasteiger partial charge in [-0.1, -0.05) is 35.9 Å². The minimum atomic E-state index is -0.827. The number of hydrogen-bond acceptors (Lipinski definition) is 3. The molecule has 0 saturated carbocycles. The number of nitrogens with one attached hydrogen (secondary N) is 1. The predicted octanol–water partition coefficient (Wildman–Crippen LogP) is 3.06. The molecule has 0 saturated heterocycles. The Morgan fingerprint density at radius 1 is 1.19 bits per heavy atom. The van der Waals surface area contributed by atoms with Crippen LogP contribution < -0.4 is 5.32 Å². The zero-order valence-electron chi connectivity index (χ0n) is 11.0. The highest BCUT2D eigenvalue weighted by Gasteiger charge is 2.31. The summed E-state index contributed by atoms with van der Waals surface area (Å²) in [5, 5.41) is 3.20. The van der Waals surface area contributed by atoms with Crippen LogP contribution in [0.25, 0.3) is 0 Å². The van der Waals surface area contributed by atoms with Crippen LogP contribution in [0.2, 0.25) is 5.02 Å². The fraction of sp³-hybridized carbons (Fsp3) is 0.125. The van der Waals surface area contributed by atoms with Gasteiger partial charge >= 0.3 is 5.97 Å². The highest BCUT2D eigenvalue weighted by Crippen LogP contribution is 2.24. The number of carbonyl (C=O) groups is 2. The molecule has 0 radical (unpaired) electrons. The second kappa shape index (κ2) is 5.58. The lowest BCUT2D eigenvalue weighted by Gasteiger charge is -2.24. The topological polar surface area (TPSA) is 55.4 Å². The van der Waals surface area contributed by atoms with E-state index in [0.717, 1.165) is 5.56 Å². The Kier molecular flexibility index (Phi) is 3.62. The maximum atomic E-state index is 12.2. The molecule has 0 aromatic heterocycles. The van der Waals surface area contributed by atoms with E-state index in [9.17, 15) is 9.59 Å². The average Bonchev–Trinajstić information content (AvgIpc) is 2.49. The number of ether oxygens (including phenoxy) is 1. The molecular weight excluding hydrogens is 290 g/mol. The number of para-hydroxylation sites is 1. The highest BCUT2D eigenvalue weighted by molar-refractivity contribution is 6.31. The fourth-order valence-corrected chi connectivity index (χ4v) is 2.41. The summed E-state index contributed by atoms with van der Waals surface area (Å²) in [5.74, 6) is -0.859. The first kappa shape index (κ1) is 13.6. The molecule has 106 valence electrons. The second-order valence-electron chi connectivity index (χ2n) is 4.75. The molecule has 1 heterocycles. The molecule has 5 heteroatoms. The molecule has 2 aromatic rings. The van der Waals surface area contributed by atoms with Crippen LogP contribution in [-0.2, 0) is 16.0 Å². The van der Waals surface area contributed by atoms with Crippen LogP contribution in [0.3, 0.4) is 0 Å². The van der Waals surface area contributed by atoms with E-state index in [2.05, 4.69) is 5.32 Å². The molecular formula is C16H12ClNO3. The van der Waals surface area contributed by atoms with Crippen molar-refractivity contribution >= 4 is 29.2 Å². The monoisotopic (exact) mass is 301 g/mol. The third-order valence-corrected chi connectivity index (χ3v) is 3.52. The summed E-state index contributed by atoms with van der Waals surface area (Å²) in [5.41, 5.74) is 1.86. The van der Waals surface area contributed by atoms with Crippen molar-refractivity contribution in [3.63, 3.8) is 0 Å². The molecule has 3 rings (SSSR count). The van der Waals surface area contributed by atoms with E-state index in [1.165, 1.54) is 0 Å². The van der Waals surface area contributed by atoms with E-state index in [1.807, 2.05) is 18.2 Å². The van der Waals surface area contributed by atoms with E-state index < -0.39 is 12.1 Å². The number of esters is 1. The molecule has 1 atom stereocenters. The van der Waals surface area contributed by atoms with Crippen molar-refractivity contribution in [3.8, 4) is 0 Å². The number of amides is 1. The van der Waals surface area contributed by atoms with Gasteiger partial charge in [-0.3, -0.25) is 4.79 Å². The maximum Gasteiger partial charge on any atom is 0.339 e. The molecule has 1 N–H and O–H groups in total. The van der Waals surface area contributed by atoms with Crippen LogP contribution in [0.5, 0.6) is 0 Å². The normalized spacial score (nSPS) is 16.8. The van der Waals surface area contributed by atoms with Crippen LogP contribution in [-0.4, -0.2) is 18.0 Å². The number of anilines is 1. The van der Waals surface area contributed by atoms with Crippen LogP contribution in [0.15, 0.2) is 48.5 Å². The SMILES string of the molecule is O=C1O[C@H](C(=O)Nc2ccccc2)Cc2ccc(Cl)cc21. The Hall–Kier alpha value is -2.33. The Bertz CT molecular complexity index is 700. The molecule has 0 fully saturated rings. The highest BCUT2D eigenvalue weighted by atomic mass is 35.5. The zero-order chi connectivity index (χ0) is 14.8. The van der Waals surface area contributed by atoms with Crippen LogP contribution in [0.4, 0.5) is 5.69 Å². The van der Waals surface area contributed by atoms with Gasteiger partial charge in [0.25, 0.3) is 5.91 Å². The quantitative estimate of drug-likeness (QED) is 0.867. The number of cyclic esters (lactones) is 1. The van der Waals surface area contributed by atoms with E-state index in [4.69, 9.17) is 16.3 Å². The standard InChI is InChI=1S/C16H12ClNO3/c17-11-7-6-10-8-14(21-16(20)13(10)9-11)15(19)18-12-4-2-1-3-5-12/h1-7,9,14H,8H2,(H,18,19)/t14-/m0/s1. The molecule has 4 nitrogen and oxygen atoms in total. The first-order valence-corrected chi connectivity index (χ1v) is 6.86. The molecule has 0 bridgehead atoms. The average molecular weight is 302 g/mol. The Balaban J connectivity index is 1.78. The molecule has 0 spiro atoms. The third-order valence-electron chi connectivity index (χ3n) is 3.28. The van der Waals surface area contributed by atoms with Gasteiger partial charge in [0.05, 0.1) is 5.56 Å². The van der Waals surface area contributed by atoms with Gasteiger partial charge in [-0.2, -0.15) is 0 Å². The lowest BCUT2D eigenvalue weighted by Crippen LogP contribution is -2.37. The molecule has 1 amide bonds. The van der Waals surface area contributed by atoms with E-state index in [-0.39, 0.29) is 5.91 Å². The summed E-state index contributed by atoms with van der Waals surface area (Å²) in [7, 11) is 0. The zero-order valence-corrected chi connectivity index (χ0v) is 11.8. The number of hydrogen-bond donors (Lipinski definition) is 1. The van der Waals surface area contributed by atoms with Crippen LogP contribution in [0.1, 0.15) is 15.9 Å². The van der Waals surface area contributed by atoms with Crippen LogP contribution in [0, 0.1) is 0 Å². The summed E-state index contributed by atoms with van der Waals surface area (Å²) in [6, 6.07) is 14.1. The van der Waals surface area contributed by atoms with Gasteiger partial charge in [0, 0.05) is 17.1 Å². The first-order chi connectivity index (χ1) is 10.1. The van der Waals surface area contributed by atoms with Crippen molar-refractivity contribution in [2.24, 2.45) is 0 Å². The van der Waals surface area contributed by atoms with Crippen molar-refractivity contribution in [2.75, 3.05) is 5.32 Å². The van der Waals surface area contributed by atoms with Gasteiger partial charge in [-0.25, -0.2) is 4.79 Å². The van der Waals surface area contributed by atoms with Crippen molar-refractivity contribution in [3.05, 3.63) is 64.7 Å². The Labute approximate surface area is 126 Å². The Morgan fingerprint density at radius 2 is 1.95 bits per heavy atom. The minimum Gasteiger partial charge on any atom is -0.448 e. The molecule has 0 aliphatic carbocycles.